The summed E-state index contributed by atoms with van der Waals surface area (Å²) in [6.45, 7) is 4.10. The van der Waals surface area contributed by atoms with Gasteiger partial charge in [-0.15, -0.1) is 6.42 Å². The van der Waals surface area contributed by atoms with Gasteiger partial charge in [-0.3, -0.25) is 10.1 Å². The van der Waals surface area contributed by atoms with E-state index in [0.29, 0.717) is 0 Å². The lowest BCUT2D eigenvalue weighted by molar-refractivity contribution is -0.122. The van der Waals surface area contributed by atoms with Crippen LogP contribution in [0.4, 0.5) is 0 Å². The van der Waals surface area contributed by atoms with Crippen LogP contribution in [0, 0.1) is 12.3 Å². The van der Waals surface area contributed by atoms with Crippen molar-refractivity contribution in [3.8, 4) is 12.3 Å². The molecule has 0 aliphatic heterocycles. The Balaban J connectivity index is 2.54. The van der Waals surface area contributed by atoms with Crippen LogP contribution in [0.3, 0.4) is 0 Å². The predicted octanol–water partition coefficient (Wildman–Crippen LogP) is 2.24. The predicted molar refractivity (Wildman–Crippen MR) is 77.0 cm³/mol. The summed E-state index contributed by atoms with van der Waals surface area (Å²) in [5.74, 6) is 2.29. The van der Waals surface area contributed by atoms with Gasteiger partial charge < -0.3 is 5.32 Å². The largest absolute Gasteiger partial charge is 0.344 e. The van der Waals surface area contributed by atoms with Gasteiger partial charge in [0.2, 0.25) is 5.91 Å². The molecule has 2 atom stereocenters. The quantitative estimate of drug-likeness (QED) is 0.819. The molecule has 0 aromatic heterocycles. The second kappa shape index (κ2) is 7.20. The summed E-state index contributed by atoms with van der Waals surface area (Å²) < 4.78 is 1.04. The van der Waals surface area contributed by atoms with Gasteiger partial charge in [0.1, 0.15) is 0 Å². The molecular weight excluding hydrogens is 292 g/mol. The second-order valence-corrected chi connectivity index (χ2v) is 5.00. The first-order valence-electron chi connectivity index (χ1n) is 5.77. The first-order chi connectivity index (χ1) is 8.54. The molecule has 0 aliphatic carbocycles. The standard InChI is InChI=1S/C14H17BrN2O/c1-4-9-16-14(18)11(3)17-10(2)12-5-7-13(15)8-6-12/h1,5-8,10-11,17H,9H2,2-3H3,(H,16,18). The van der Waals surface area contributed by atoms with E-state index in [0.717, 1.165) is 10.0 Å². The van der Waals surface area contributed by atoms with Crippen LogP contribution in [0.25, 0.3) is 0 Å². The molecule has 96 valence electrons. The number of hydrogen-bond acceptors (Lipinski definition) is 2. The molecule has 18 heavy (non-hydrogen) atoms. The molecule has 1 aromatic rings. The van der Waals surface area contributed by atoms with Gasteiger partial charge in [0.25, 0.3) is 0 Å². The van der Waals surface area contributed by atoms with E-state index >= 15 is 0 Å². The molecule has 0 radical (unpaired) electrons. The van der Waals surface area contributed by atoms with Gasteiger partial charge in [-0.05, 0) is 31.5 Å². The summed E-state index contributed by atoms with van der Waals surface area (Å²) in [5.41, 5.74) is 1.13. The number of halogens is 1. The summed E-state index contributed by atoms with van der Waals surface area (Å²) in [6, 6.07) is 7.83. The molecule has 0 spiro atoms. The molecule has 1 aromatic carbocycles. The highest BCUT2D eigenvalue weighted by Crippen LogP contribution is 2.16. The number of amides is 1. The number of terminal acetylenes is 1. The minimum Gasteiger partial charge on any atom is -0.344 e. The molecule has 4 heteroatoms. The Hall–Kier alpha value is -1.31. The van der Waals surface area contributed by atoms with Crippen molar-refractivity contribution in [2.24, 2.45) is 0 Å². The number of carbonyl (C=O) groups is 1. The third-order valence-corrected chi connectivity index (χ3v) is 3.16. The maximum atomic E-state index is 11.6. The van der Waals surface area contributed by atoms with Crippen molar-refractivity contribution in [1.82, 2.24) is 10.6 Å². The highest BCUT2D eigenvalue weighted by Gasteiger charge is 2.15. The van der Waals surface area contributed by atoms with E-state index in [1.165, 1.54) is 0 Å². The van der Waals surface area contributed by atoms with Crippen LogP contribution in [0.15, 0.2) is 28.7 Å². The molecule has 0 bridgehead atoms. The summed E-state index contributed by atoms with van der Waals surface area (Å²) in [5, 5.41) is 5.88. The van der Waals surface area contributed by atoms with Crippen LogP contribution >= 0.6 is 15.9 Å². The fourth-order valence-corrected chi connectivity index (χ4v) is 1.85. The maximum absolute atomic E-state index is 11.6. The highest BCUT2D eigenvalue weighted by atomic mass is 79.9. The summed E-state index contributed by atoms with van der Waals surface area (Å²) >= 11 is 3.39. The zero-order valence-electron chi connectivity index (χ0n) is 10.5. The molecular formula is C14H17BrN2O. The number of nitrogens with one attached hydrogen (secondary N) is 2. The van der Waals surface area contributed by atoms with E-state index in [9.17, 15) is 4.79 Å². The Morgan fingerprint density at radius 1 is 1.39 bits per heavy atom. The molecule has 1 amide bonds. The minimum atomic E-state index is -0.281. The van der Waals surface area contributed by atoms with Gasteiger partial charge in [-0.1, -0.05) is 34.0 Å². The number of rotatable bonds is 5. The normalized spacial score (nSPS) is 13.4. The molecule has 0 aliphatic rings. The Morgan fingerprint density at radius 2 is 2.00 bits per heavy atom. The summed E-state index contributed by atoms with van der Waals surface area (Å²) in [4.78, 5) is 11.6. The molecule has 1 rings (SSSR count). The second-order valence-electron chi connectivity index (χ2n) is 4.08. The van der Waals surface area contributed by atoms with Crippen molar-refractivity contribution < 1.29 is 4.79 Å². The van der Waals surface area contributed by atoms with Crippen molar-refractivity contribution in [2.75, 3.05) is 6.54 Å². The van der Waals surface area contributed by atoms with Crippen LogP contribution in [-0.4, -0.2) is 18.5 Å². The van der Waals surface area contributed by atoms with Gasteiger partial charge in [-0.25, -0.2) is 0 Å². The Morgan fingerprint density at radius 3 is 2.56 bits per heavy atom. The Labute approximate surface area is 116 Å². The number of hydrogen-bond donors (Lipinski definition) is 2. The zero-order chi connectivity index (χ0) is 13.5. The van der Waals surface area contributed by atoms with E-state index in [1.807, 2.05) is 38.1 Å². The molecule has 0 saturated heterocycles. The van der Waals surface area contributed by atoms with Gasteiger partial charge >= 0.3 is 0 Å². The molecule has 3 nitrogen and oxygen atoms in total. The number of carbonyl (C=O) groups excluding carboxylic acids is 1. The summed E-state index contributed by atoms with van der Waals surface area (Å²) in [6.07, 6.45) is 5.09. The average Bonchev–Trinajstić information content (AvgIpc) is 2.36. The SMILES string of the molecule is C#CCNC(=O)C(C)NC(C)c1ccc(Br)cc1. The summed E-state index contributed by atoms with van der Waals surface area (Å²) in [7, 11) is 0. The zero-order valence-corrected chi connectivity index (χ0v) is 12.1. The molecule has 2 N–H and O–H groups in total. The third-order valence-electron chi connectivity index (χ3n) is 2.63. The van der Waals surface area contributed by atoms with Crippen LogP contribution in [0.1, 0.15) is 25.5 Å². The lowest BCUT2D eigenvalue weighted by atomic mass is 10.1. The highest BCUT2D eigenvalue weighted by molar-refractivity contribution is 9.10. The van der Waals surface area contributed by atoms with Crippen LogP contribution in [0.5, 0.6) is 0 Å². The van der Waals surface area contributed by atoms with Gasteiger partial charge in [0.15, 0.2) is 0 Å². The van der Waals surface area contributed by atoms with Crippen molar-refractivity contribution in [3.05, 3.63) is 34.3 Å². The van der Waals surface area contributed by atoms with Crippen LogP contribution < -0.4 is 10.6 Å². The molecule has 0 saturated carbocycles. The smallest absolute Gasteiger partial charge is 0.237 e. The first-order valence-corrected chi connectivity index (χ1v) is 6.56. The van der Waals surface area contributed by atoms with Gasteiger partial charge in [0, 0.05) is 10.5 Å². The molecule has 0 heterocycles. The van der Waals surface area contributed by atoms with E-state index in [4.69, 9.17) is 6.42 Å². The third kappa shape index (κ3) is 4.52. The van der Waals surface area contributed by atoms with E-state index < -0.39 is 0 Å². The van der Waals surface area contributed by atoms with Gasteiger partial charge in [-0.2, -0.15) is 0 Å². The van der Waals surface area contributed by atoms with Crippen molar-refractivity contribution in [3.63, 3.8) is 0 Å². The van der Waals surface area contributed by atoms with E-state index in [2.05, 4.69) is 32.5 Å². The maximum Gasteiger partial charge on any atom is 0.237 e. The first kappa shape index (κ1) is 14.7. The van der Waals surface area contributed by atoms with Crippen molar-refractivity contribution in [1.29, 1.82) is 0 Å². The molecule has 2 unspecified atom stereocenters. The van der Waals surface area contributed by atoms with Crippen LogP contribution in [0.2, 0.25) is 0 Å². The monoisotopic (exact) mass is 308 g/mol. The topological polar surface area (TPSA) is 41.1 Å². The number of benzene rings is 1. The minimum absolute atomic E-state index is 0.0862. The molecule has 0 fully saturated rings. The fraction of sp³-hybridized carbons (Fsp3) is 0.357. The van der Waals surface area contributed by atoms with E-state index in [-0.39, 0.29) is 24.5 Å². The van der Waals surface area contributed by atoms with Crippen molar-refractivity contribution in [2.45, 2.75) is 25.9 Å². The lowest BCUT2D eigenvalue weighted by Gasteiger charge is -2.19. The lowest BCUT2D eigenvalue weighted by Crippen LogP contribution is -2.43. The Kier molecular flexibility index (Phi) is 5.90. The fourth-order valence-electron chi connectivity index (χ4n) is 1.59. The average molecular weight is 309 g/mol. The van der Waals surface area contributed by atoms with Crippen LogP contribution in [-0.2, 0) is 4.79 Å². The van der Waals surface area contributed by atoms with Gasteiger partial charge in [0.05, 0.1) is 12.6 Å². The Bertz CT molecular complexity index is 436. The van der Waals surface area contributed by atoms with E-state index in [1.54, 1.807) is 0 Å². The van der Waals surface area contributed by atoms with Crippen molar-refractivity contribution >= 4 is 21.8 Å².